The highest BCUT2D eigenvalue weighted by molar-refractivity contribution is 5.81. The zero-order chi connectivity index (χ0) is 18.7. The van der Waals surface area contributed by atoms with Crippen molar-refractivity contribution in [2.24, 2.45) is 11.3 Å². The molecule has 3 aliphatic rings. The summed E-state index contributed by atoms with van der Waals surface area (Å²) in [5, 5.41) is 9.79. The Morgan fingerprint density at radius 1 is 1.27 bits per heavy atom. The number of carbonyl (C=O) groups excluding carboxylic acids is 1. The van der Waals surface area contributed by atoms with Crippen LogP contribution >= 0.6 is 0 Å². The Balaban J connectivity index is 1.36. The summed E-state index contributed by atoms with van der Waals surface area (Å²) in [6.45, 7) is 3.11. The molecule has 2 aliphatic carbocycles. The highest BCUT2D eigenvalue weighted by Gasteiger charge is 2.53. The molecule has 2 saturated carbocycles. The number of aliphatic hydroxyl groups is 1. The first-order valence-electron chi connectivity index (χ1n) is 9.12. The first kappa shape index (κ1) is 17.8. The Labute approximate surface area is 150 Å². The second-order valence-electron chi connectivity index (χ2n) is 8.68. The lowest BCUT2D eigenvalue weighted by atomic mass is 9.69. The standard InChI is InChI=1S/C19H23F3N2O2/c1-17(26)7-13(8-17)16(25)24-10-18(11-24)6-5-12(9-18)14-3-2-4-15(23-14)19(20,21)22/h2-4,12-13,26H,5-11H2,1H3. The number of carbonyl (C=O) groups is 1. The SMILES string of the molecule is CC1(O)CC(C(=O)N2CC3(CCC(c4cccc(C(F)(F)F)n4)C3)C2)C1. The zero-order valence-electron chi connectivity index (χ0n) is 14.7. The van der Waals surface area contributed by atoms with E-state index in [2.05, 4.69) is 4.98 Å². The lowest BCUT2D eigenvalue weighted by Crippen LogP contribution is -2.61. The van der Waals surface area contributed by atoms with E-state index in [4.69, 9.17) is 0 Å². The Morgan fingerprint density at radius 2 is 1.96 bits per heavy atom. The molecule has 3 fully saturated rings. The molecule has 2 heterocycles. The molecule has 1 aromatic heterocycles. The number of amides is 1. The van der Waals surface area contributed by atoms with Crippen molar-refractivity contribution >= 4 is 5.91 Å². The monoisotopic (exact) mass is 368 g/mol. The molecule has 4 rings (SSSR count). The number of hydrogen-bond acceptors (Lipinski definition) is 3. The first-order valence-corrected chi connectivity index (χ1v) is 9.12. The summed E-state index contributed by atoms with van der Waals surface area (Å²) in [6, 6.07) is 4.11. The number of nitrogens with zero attached hydrogens (tertiary/aromatic N) is 2. The molecule has 1 saturated heterocycles. The molecule has 4 nitrogen and oxygen atoms in total. The quantitative estimate of drug-likeness (QED) is 0.871. The Bertz CT molecular complexity index is 718. The van der Waals surface area contributed by atoms with E-state index in [-0.39, 0.29) is 23.2 Å². The van der Waals surface area contributed by atoms with Gasteiger partial charge in [0.25, 0.3) is 0 Å². The first-order chi connectivity index (χ1) is 12.1. The van der Waals surface area contributed by atoms with Crippen molar-refractivity contribution in [3.63, 3.8) is 0 Å². The molecule has 1 N–H and O–H groups in total. The van der Waals surface area contributed by atoms with Crippen LogP contribution in [0.25, 0.3) is 0 Å². The Kier molecular flexibility index (Phi) is 3.88. The lowest BCUT2D eigenvalue weighted by molar-refractivity contribution is -0.161. The van der Waals surface area contributed by atoms with E-state index in [0.717, 1.165) is 25.3 Å². The number of halogens is 3. The van der Waals surface area contributed by atoms with Crippen molar-refractivity contribution in [3.8, 4) is 0 Å². The van der Waals surface area contributed by atoms with Gasteiger partial charge in [-0.3, -0.25) is 4.79 Å². The molecule has 142 valence electrons. The van der Waals surface area contributed by atoms with Crippen LogP contribution in [0.4, 0.5) is 13.2 Å². The highest BCUT2D eigenvalue weighted by Crippen LogP contribution is 2.52. The molecular formula is C19H23F3N2O2. The fourth-order valence-corrected chi connectivity index (χ4v) is 4.94. The molecule has 7 heteroatoms. The van der Waals surface area contributed by atoms with Crippen LogP contribution in [0, 0.1) is 11.3 Å². The molecule has 1 spiro atoms. The Hall–Kier alpha value is -1.63. The highest BCUT2D eigenvalue weighted by atomic mass is 19.4. The predicted molar refractivity (Wildman–Crippen MR) is 88.2 cm³/mol. The average Bonchev–Trinajstić information content (AvgIpc) is 2.95. The van der Waals surface area contributed by atoms with Crippen LogP contribution in [0.2, 0.25) is 0 Å². The van der Waals surface area contributed by atoms with Gasteiger partial charge in [-0.15, -0.1) is 0 Å². The molecule has 26 heavy (non-hydrogen) atoms. The minimum absolute atomic E-state index is 0.0268. The maximum atomic E-state index is 12.9. The third-order valence-electron chi connectivity index (χ3n) is 6.27. The largest absolute Gasteiger partial charge is 0.433 e. The number of pyridine rings is 1. The molecule has 0 radical (unpaired) electrons. The van der Waals surface area contributed by atoms with Crippen LogP contribution in [0.15, 0.2) is 18.2 Å². The van der Waals surface area contributed by atoms with Gasteiger partial charge in [-0.05, 0) is 51.2 Å². The van der Waals surface area contributed by atoms with E-state index in [0.29, 0.717) is 31.6 Å². The van der Waals surface area contributed by atoms with Gasteiger partial charge in [0.1, 0.15) is 5.69 Å². The maximum Gasteiger partial charge on any atom is 0.433 e. The fraction of sp³-hybridized carbons (Fsp3) is 0.684. The second kappa shape index (κ2) is 5.68. The van der Waals surface area contributed by atoms with Crippen LogP contribution in [0.3, 0.4) is 0 Å². The van der Waals surface area contributed by atoms with E-state index < -0.39 is 17.5 Å². The number of alkyl halides is 3. The van der Waals surface area contributed by atoms with Crippen LogP contribution in [0.1, 0.15) is 56.3 Å². The third kappa shape index (κ3) is 3.10. The van der Waals surface area contributed by atoms with Gasteiger partial charge in [-0.1, -0.05) is 6.07 Å². The van der Waals surface area contributed by atoms with Crippen LogP contribution in [-0.4, -0.2) is 39.6 Å². The van der Waals surface area contributed by atoms with E-state index >= 15 is 0 Å². The van der Waals surface area contributed by atoms with E-state index in [1.165, 1.54) is 6.07 Å². The van der Waals surface area contributed by atoms with Gasteiger partial charge in [-0.2, -0.15) is 13.2 Å². The van der Waals surface area contributed by atoms with Crippen LogP contribution < -0.4 is 0 Å². The molecule has 0 bridgehead atoms. The Morgan fingerprint density at radius 3 is 2.58 bits per heavy atom. The summed E-state index contributed by atoms with van der Waals surface area (Å²) in [7, 11) is 0. The molecule has 1 atom stereocenters. The van der Waals surface area contributed by atoms with Crippen molar-refractivity contribution in [2.75, 3.05) is 13.1 Å². The van der Waals surface area contributed by atoms with Crippen molar-refractivity contribution in [2.45, 2.75) is 56.7 Å². The summed E-state index contributed by atoms with van der Waals surface area (Å²) in [4.78, 5) is 18.1. The smallest absolute Gasteiger partial charge is 0.390 e. The molecular weight excluding hydrogens is 345 g/mol. The predicted octanol–water partition coefficient (Wildman–Crippen LogP) is 3.36. The summed E-state index contributed by atoms with van der Waals surface area (Å²) < 4.78 is 38.6. The summed E-state index contributed by atoms with van der Waals surface area (Å²) in [6.07, 6.45) is -0.863. The fourth-order valence-electron chi connectivity index (χ4n) is 4.94. The third-order valence-corrected chi connectivity index (χ3v) is 6.27. The van der Waals surface area contributed by atoms with Crippen molar-refractivity contribution in [3.05, 3.63) is 29.6 Å². The number of hydrogen-bond donors (Lipinski definition) is 1. The summed E-state index contributed by atoms with van der Waals surface area (Å²) in [5.41, 5.74) is -1.01. The minimum Gasteiger partial charge on any atom is -0.390 e. The van der Waals surface area contributed by atoms with Crippen LogP contribution in [0.5, 0.6) is 0 Å². The zero-order valence-corrected chi connectivity index (χ0v) is 14.7. The molecule has 1 amide bonds. The normalized spacial score (nSPS) is 33.0. The van der Waals surface area contributed by atoms with Gasteiger partial charge < -0.3 is 10.0 Å². The van der Waals surface area contributed by atoms with Gasteiger partial charge in [0.15, 0.2) is 0 Å². The van der Waals surface area contributed by atoms with Gasteiger partial charge in [-0.25, -0.2) is 4.98 Å². The van der Waals surface area contributed by atoms with E-state index in [1.807, 2.05) is 4.90 Å². The number of likely N-dealkylation sites (tertiary alicyclic amines) is 1. The van der Waals surface area contributed by atoms with Crippen molar-refractivity contribution in [1.82, 2.24) is 9.88 Å². The second-order valence-corrected chi connectivity index (χ2v) is 8.68. The van der Waals surface area contributed by atoms with Crippen LogP contribution in [-0.2, 0) is 11.0 Å². The van der Waals surface area contributed by atoms with Gasteiger partial charge in [0, 0.05) is 36.0 Å². The molecule has 1 unspecified atom stereocenters. The van der Waals surface area contributed by atoms with E-state index in [1.54, 1.807) is 13.0 Å². The number of rotatable bonds is 2. The van der Waals surface area contributed by atoms with Gasteiger partial charge in [0.05, 0.1) is 5.60 Å². The van der Waals surface area contributed by atoms with Gasteiger partial charge >= 0.3 is 6.18 Å². The molecule has 1 aromatic rings. The van der Waals surface area contributed by atoms with Crippen molar-refractivity contribution in [1.29, 1.82) is 0 Å². The average molecular weight is 368 g/mol. The van der Waals surface area contributed by atoms with Crippen molar-refractivity contribution < 1.29 is 23.1 Å². The lowest BCUT2D eigenvalue weighted by Gasteiger charge is -2.52. The topological polar surface area (TPSA) is 53.4 Å². The summed E-state index contributed by atoms with van der Waals surface area (Å²) >= 11 is 0. The molecule has 0 aromatic carbocycles. The van der Waals surface area contributed by atoms with Gasteiger partial charge in [0.2, 0.25) is 5.91 Å². The number of aromatic nitrogens is 1. The minimum atomic E-state index is -4.42. The molecule has 1 aliphatic heterocycles. The van der Waals surface area contributed by atoms with E-state index in [9.17, 15) is 23.1 Å². The summed E-state index contributed by atoms with van der Waals surface area (Å²) in [5.74, 6) is 0.0615. The maximum absolute atomic E-state index is 12.9.